The van der Waals surface area contributed by atoms with Gasteiger partial charge in [-0.05, 0) is 25.0 Å². The van der Waals surface area contributed by atoms with Crippen molar-refractivity contribution in [2.75, 3.05) is 7.11 Å². The number of phenols is 2. The Balaban J connectivity index is 2.18. The molecule has 2 aromatic rings. The molecule has 1 aromatic carbocycles. The molecule has 2 atom stereocenters. The largest absolute Gasteiger partial charge is 0.507 e. The lowest BCUT2D eigenvalue weighted by molar-refractivity contribution is 0.00450. The van der Waals surface area contributed by atoms with Crippen LogP contribution in [0, 0.1) is 0 Å². The van der Waals surface area contributed by atoms with Crippen LogP contribution in [-0.4, -0.2) is 22.3 Å². The average molecular weight is 269 g/mol. The maximum Gasteiger partial charge on any atom is 0.148 e. The molecule has 1 heterocycles. The molecule has 0 fully saturated rings. The number of hydrogen-bond acceptors (Lipinski definition) is 4. The van der Waals surface area contributed by atoms with Gasteiger partial charge in [-0.15, -0.1) is 0 Å². The van der Waals surface area contributed by atoms with Gasteiger partial charge in [0.05, 0.1) is 0 Å². The zero-order chi connectivity index (χ0) is 13.9. The van der Waals surface area contributed by atoms with E-state index < -0.39 is 5.60 Å². The van der Waals surface area contributed by atoms with Crippen molar-refractivity contribution in [3.05, 3.63) is 41.6 Å². The number of phenolic OH excluding ortho intramolecular Hbond substituents is 2. The lowest BCUT2D eigenvalue weighted by Gasteiger charge is -2.43. The molecule has 0 radical (unpaired) electrons. The third-order valence-corrected chi connectivity index (χ3v) is 4.63. The average Bonchev–Trinajstić information content (AvgIpc) is 2.53. The van der Waals surface area contributed by atoms with Crippen LogP contribution in [0.2, 0.25) is 0 Å². The molecule has 0 saturated carbocycles. The first-order valence-corrected chi connectivity index (χ1v) is 6.75. The van der Waals surface area contributed by atoms with Crippen molar-refractivity contribution in [1.29, 1.82) is 0 Å². The summed E-state index contributed by atoms with van der Waals surface area (Å²) in [5.41, 5.74) is 1.26. The molecule has 0 unspecified atom stereocenters. The molecule has 2 N–H and O–H groups in total. The number of ether oxygens (including phenoxy) is 1. The predicted octanol–water partition coefficient (Wildman–Crippen LogP) is 2.93. The quantitative estimate of drug-likeness (QED) is 0.617. The van der Waals surface area contributed by atoms with Gasteiger partial charge in [-0.25, -0.2) is 0 Å². The summed E-state index contributed by atoms with van der Waals surface area (Å²) < 4.78 is 5.69. The number of methoxy groups -OCH3 is 1. The van der Waals surface area contributed by atoms with Crippen molar-refractivity contribution in [3.63, 3.8) is 0 Å². The maximum absolute atomic E-state index is 10.7. The van der Waals surface area contributed by atoms with Crippen LogP contribution in [0.5, 0.6) is 11.5 Å². The van der Waals surface area contributed by atoms with Gasteiger partial charge in [0.1, 0.15) is 22.6 Å². The highest BCUT2D eigenvalue weighted by atomic mass is 16.5. The summed E-state index contributed by atoms with van der Waals surface area (Å²) >= 11 is 0. The van der Waals surface area contributed by atoms with Gasteiger partial charge < -0.3 is 14.9 Å². The summed E-state index contributed by atoms with van der Waals surface area (Å²) in [7, 11) is 1.64. The topological polar surface area (TPSA) is 62.6 Å². The van der Waals surface area contributed by atoms with Gasteiger partial charge in [0.15, 0.2) is 0 Å². The third-order valence-electron chi connectivity index (χ3n) is 4.63. The maximum atomic E-state index is 10.7. The van der Waals surface area contributed by atoms with E-state index in [9.17, 15) is 10.2 Å². The highest BCUT2D eigenvalue weighted by molar-refractivity contribution is 5.93. The molecule has 102 valence electrons. The van der Waals surface area contributed by atoms with E-state index in [0.717, 1.165) is 18.4 Å². The minimum atomic E-state index is -0.642. The second kappa shape index (κ2) is 3.73. The molecule has 3 aliphatic carbocycles. The van der Waals surface area contributed by atoms with Crippen molar-refractivity contribution < 1.29 is 14.9 Å². The Morgan fingerprint density at radius 2 is 2.20 bits per heavy atom. The minimum Gasteiger partial charge on any atom is -0.507 e. The van der Waals surface area contributed by atoms with E-state index in [-0.39, 0.29) is 17.4 Å². The molecule has 5 rings (SSSR count). The summed E-state index contributed by atoms with van der Waals surface area (Å²) in [4.78, 5) is 4.21. The molecular formula is C16H15NO3. The first kappa shape index (κ1) is 11.7. The molecule has 4 heteroatoms. The highest BCUT2D eigenvalue weighted by Crippen LogP contribution is 2.57. The molecule has 0 spiro atoms. The Morgan fingerprint density at radius 3 is 2.90 bits per heavy atom. The van der Waals surface area contributed by atoms with Crippen molar-refractivity contribution >= 4 is 10.9 Å². The van der Waals surface area contributed by atoms with Crippen molar-refractivity contribution in [3.8, 4) is 11.5 Å². The summed E-state index contributed by atoms with van der Waals surface area (Å²) in [5, 5.41) is 21.9. The fourth-order valence-electron chi connectivity index (χ4n) is 3.63. The Morgan fingerprint density at radius 1 is 1.35 bits per heavy atom. The van der Waals surface area contributed by atoms with Gasteiger partial charge in [0.25, 0.3) is 0 Å². The Labute approximate surface area is 116 Å². The molecule has 20 heavy (non-hydrogen) atoms. The predicted molar refractivity (Wildman–Crippen MR) is 74.9 cm³/mol. The molecule has 0 saturated heterocycles. The lowest BCUT2D eigenvalue weighted by Crippen LogP contribution is -2.36. The van der Waals surface area contributed by atoms with Gasteiger partial charge in [-0.2, -0.15) is 0 Å². The van der Waals surface area contributed by atoms with E-state index in [1.165, 1.54) is 0 Å². The number of benzene rings is 1. The van der Waals surface area contributed by atoms with Crippen molar-refractivity contribution in [1.82, 2.24) is 4.98 Å². The van der Waals surface area contributed by atoms with Crippen LogP contribution in [0.25, 0.3) is 10.9 Å². The van der Waals surface area contributed by atoms with Gasteiger partial charge >= 0.3 is 0 Å². The number of aromatic hydroxyl groups is 2. The van der Waals surface area contributed by atoms with Crippen LogP contribution < -0.4 is 0 Å². The third kappa shape index (κ3) is 1.22. The SMILES string of the molecule is CO[C@@]12C=C[C@@H](CC1)c1c2c(O)c2ncccc2c1O. The van der Waals surface area contributed by atoms with E-state index in [2.05, 4.69) is 11.1 Å². The van der Waals surface area contributed by atoms with Crippen LogP contribution in [0.15, 0.2) is 30.5 Å². The van der Waals surface area contributed by atoms with E-state index in [1.54, 1.807) is 25.4 Å². The highest BCUT2D eigenvalue weighted by Gasteiger charge is 2.45. The normalized spacial score (nSPS) is 26.9. The fraction of sp³-hybridized carbons (Fsp3) is 0.312. The van der Waals surface area contributed by atoms with E-state index in [1.807, 2.05) is 6.08 Å². The standard InChI is InChI=1S/C16H15NO3/c1-20-16-6-4-9(5-7-16)11-12(16)15(19)13-10(14(11)18)3-2-8-17-13/h2-4,6,8-9,18-19H,5,7H2,1H3/t9-,16-/m0/s1. The van der Waals surface area contributed by atoms with E-state index in [4.69, 9.17) is 4.74 Å². The number of nitrogens with zero attached hydrogens (tertiary/aromatic N) is 1. The minimum absolute atomic E-state index is 0.129. The zero-order valence-corrected chi connectivity index (χ0v) is 11.1. The first-order chi connectivity index (χ1) is 9.68. The van der Waals surface area contributed by atoms with Crippen molar-refractivity contribution in [2.24, 2.45) is 0 Å². The molecule has 4 nitrogen and oxygen atoms in total. The zero-order valence-electron chi connectivity index (χ0n) is 11.1. The second-order valence-corrected chi connectivity index (χ2v) is 5.48. The first-order valence-electron chi connectivity index (χ1n) is 6.75. The molecular weight excluding hydrogens is 254 g/mol. The number of pyridine rings is 1. The van der Waals surface area contributed by atoms with Crippen LogP contribution in [0.1, 0.15) is 29.9 Å². The van der Waals surface area contributed by atoms with Crippen LogP contribution in [0.4, 0.5) is 0 Å². The Hall–Kier alpha value is -2.07. The Bertz CT molecular complexity index is 753. The fourth-order valence-corrected chi connectivity index (χ4v) is 3.63. The van der Waals surface area contributed by atoms with E-state index >= 15 is 0 Å². The lowest BCUT2D eigenvalue weighted by atomic mass is 9.67. The van der Waals surface area contributed by atoms with Gasteiger partial charge in [0, 0.05) is 35.7 Å². The van der Waals surface area contributed by atoms with Crippen LogP contribution >= 0.6 is 0 Å². The summed E-state index contributed by atoms with van der Waals surface area (Å²) in [6, 6.07) is 3.54. The van der Waals surface area contributed by atoms with Gasteiger partial charge in [-0.1, -0.05) is 12.2 Å². The molecule has 1 aromatic heterocycles. The van der Waals surface area contributed by atoms with Crippen LogP contribution in [0.3, 0.4) is 0 Å². The monoisotopic (exact) mass is 269 g/mol. The number of allylic oxidation sites excluding steroid dienone is 1. The molecule has 0 amide bonds. The van der Waals surface area contributed by atoms with E-state index in [0.29, 0.717) is 16.5 Å². The summed E-state index contributed by atoms with van der Waals surface area (Å²) in [5.74, 6) is 0.484. The van der Waals surface area contributed by atoms with Gasteiger partial charge in [-0.3, -0.25) is 4.98 Å². The molecule has 3 aliphatic rings. The molecule has 0 aliphatic heterocycles. The molecule has 2 bridgehead atoms. The number of rotatable bonds is 1. The second-order valence-electron chi connectivity index (χ2n) is 5.48. The number of aromatic nitrogens is 1. The summed E-state index contributed by atoms with van der Waals surface area (Å²) in [6.07, 6.45) is 7.40. The smallest absolute Gasteiger partial charge is 0.148 e. The summed E-state index contributed by atoms with van der Waals surface area (Å²) in [6.45, 7) is 0. The van der Waals surface area contributed by atoms with Crippen LogP contribution in [-0.2, 0) is 10.3 Å². The number of fused-ring (bicyclic) bond motifs is 2. The van der Waals surface area contributed by atoms with Crippen molar-refractivity contribution in [2.45, 2.75) is 24.4 Å². The Kier molecular flexibility index (Phi) is 2.19. The number of hydrogen-bond donors (Lipinski definition) is 2. The van der Waals surface area contributed by atoms with Gasteiger partial charge in [0.2, 0.25) is 0 Å².